The van der Waals surface area contributed by atoms with Gasteiger partial charge in [-0.1, -0.05) is 188 Å². The Bertz CT molecular complexity index is 1210. The van der Waals surface area contributed by atoms with E-state index >= 15 is 0 Å². The first-order chi connectivity index (χ1) is 27.9. The zero-order valence-corrected chi connectivity index (χ0v) is 42.6. The highest BCUT2D eigenvalue weighted by molar-refractivity contribution is 6.74. The summed E-state index contributed by atoms with van der Waals surface area (Å²) in [5.41, 5.74) is 1.21. The summed E-state index contributed by atoms with van der Waals surface area (Å²) in [6, 6.07) is 10.4. The van der Waals surface area contributed by atoms with Crippen molar-refractivity contribution in [3.63, 3.8) is 0 Å². The van der Waals surface area contributed by atoms with E-state index in [2.05, 4.69) is 98.9 Å². The van der Waals surface area contributed by atoms with Gasteiger partial charge in [-0.3, -0.25) is 0 Å². The Morgan fingerprint density at radius 2 is 1.17 bits per heavy atom. The zero-order chi connectivity index (χ0) is 43.4. The molecule has 0 bridgehead atoms. The van der Waals surface area contributed by atoms with Crippen molar-refractivity contribution < 1.29 is 28.2 Å². The Hall–Kier alpha value is -0.586. The molecule has 0 unspecified atom stereocenters. The molecule has 1 aromatic rings. The fourth-order valence-electron chi connectivity index (χ4n) is 8.44. The zero-order valence-electron chi connectivity index (χ0n) is 40.6. The normalized spacial score (nSPS) is 22.9. The summed E-state index contributed by atoms with van der Waals surface area (Å²) in [6.07, 6.45) is 27.3. The van der Waals surface area contributed by atoms with E-state index in [0.717, 1.165) is 58.0 Å². The molecule has 0 aromatic heterocycles. The van der Waals surface area contributed by atoms with Gasteiger partial charge in [0.05, 0.1) is 43.2 Å². The summed E-state index contributed by atoms with van der Waals surface area (Å²) in [6.45, 7) is 27.3. The number of hydrogen-bond donors (Lipinski definition) is 1. The molecule has 2 aliphatic heterocycles. The molecule has 0 amide bonds. The summed E-state index contributed by atoms with van der Waals surface area (Å²) < 4.78 is 34.4. The Kier molecular flexibility index (Phi) is 24.1. The number of aliphatic hydroxyl groups excluding tert-OH is 1. The molecule has 7 atom stereocenters. The summed E-state index contributed by atoms with van der Waals surface area (Å²) in [4.78, 5) is 0. The van der Waals surface area contributed by atoms with Crippen LogP contribution in [0.25, 0.3) is 0 Å². The smallest absolute Gasteiger partial charge is 0.192 e. The Balaban J connectivity index is 1.53. The molecule has 1 aromatic carbocycles. The maximum absolute atomic E-state index is 11.3. The van der Waals surface area contributed by atoms with Crippen molar-refractivity contribution in [1.82, 2.24) is 0 Å². The standard InChI is InChI=1S/C51H96O6Si2/c1-12-13-14-15-16-17-18-19-20-21-22-23-24-25-31-36-45(56-58(8,9)50(2,3)4)47-40-48(57-59(10,11)51(5,6)7)49(55-47)46-38-37-44(54-46)43(52)35-30-27-32-39-53-41-42-33-28-26-29-34-42/h26,28-29,33-34,43-49,52H,12-25,27,30-32,35-41H2,1-11H3/t43-,44-,45-,46-,47-,48+,49+/m0/s1. The van der Waals surface area contributed by atoms with Crippen LogP contribution in [0.3, 0.4) is 0 Å². The van der Waals surface area contributed by atoms with Crippen LogP contribution in [-0.4, -0.2) is 71.1 Å². The third-order valence-electron chi connectivity index (χ3n) is 14.5. The topological polar surface area (TPSA) is 66.4 Å². The lowest BCUT2D eigenvalue weighted by Crippen LogP contribution is -2.48. The average molecular weight is 861 g/mol. The highest BCUT2D eigenvalue weighted by atomic mass is 28.4. The van der Waals surface area contributed by atoms with Crippen molar-refractivity contribution in [1.29, 1.82) is 0 Å². The molecule has 2 aliphatic rings. The van der Waals surface area contributed by atoms with Crippen molar-refractivity contribution in [3.8, 4) is 0 Å². The molecule has 1 N–H and O–H groups in total. The van der Waals surface area contributed by atoms with Crippen LogP contribution >= 0.6 is 0 Å². The van der Waals surface area contributed by atoms with Gasteiger partial charge in [0.15, 0.2) is 16.6 Å². The lowest BCUT2D eigenvalue weighted by atomic mass is 9.99. The van der Waals surface area contributed by atoms with E-state index in [1.54, 1.807) is 0 Å². The van der Waals surface area contributed by atoms with Gasteiger partial charge < -0.3 is 28.2 Å². The molecule has 2 saturated heterocycles. The molecule has 3 rings (SSSR count). The largest absolute Gasteiger partial charge is 0.411 e. The van der Waals surface area contributed by atoms with Crippen LogP contribution in [0.15, 0.2) is 30.3 Å². The minimum atomic E-state index is -2.08. The van der Waals surface area contributed by atoms with Crippen LogP contribution in [0.1, 0.15) is 202 Å². The predicted octanol–water partition coefficient (Wildman–Crippen LogP) is 14.9. The molecular formula is C51H96O6Si2. The molecule has 59 heavy (non-hydrogen) atoms. The third kappa shape index (κ3) is 19.4. The maximum atomic E-state index is 11.3. The SMILES string of the molecule is CCCCCCCCCCCCCCCCC[C@H](O[Si](C)(C)C(C)(C)C)[C@@H]1C[C@@H](O[Si](C)(C)C(C)(C)C)[C@@H]([C@@H]2CC[C@@H]([C@@H](O)CCCCCOCc3ccccc3)O2)O1. The van der Waals surface area contributed by atoms with Crippen molar-refractivity contribution >= 4 is 16.6 Å². The van der Waals surface area contributed by atoms with Crippen molar-refractivity contribution in [2.45, 2.75) is 282 Å². The van der Waals surface area contributed by atoms with Crippen LogP contribution in [0.5, 0.6) is 0 Å². The molecule has 2 fully saturated rings. The molecule has 2 heterocycles. The van der Waals surface area contributed by atoms with Crippen molar-refractivity contribution in [2.24, 2.45) is 0 Å². The summed E-state index contributed by atoms with van der Waals surface area (Å²) >= 11 is 0. The summed E-state index contributed by atoms with van der Waals surface area (Å²) in [5.74, 6) is 0. The second kappa shape index (κ2) is 26.9. The summed E-state index contributed by atoms with van der Waals surface area (Å²) in [7, 11) is -4.13. The first-order valence-electron chi connectivity index (χ1n) is 24.9. The number of benzene rings is 1. The number of unbranched alkanes of at least 4 members (excludes halogenated alkanes) is 16. The first kappa shape index (κ1) is 52.8. The van der Waals surface area contributed by atoms with Crippen LogP contribution in [-0.2, 0) is 29.7 Å². The van der Waals surface area contributed by atoms with Gasteiger partial charge in [0.2, 0.25) is 0 Å². The van der Waals surface area contributed by atoms with Crippen LogP contribution in [0.4, 0.5) is 0 Å². The molecule has 0 spiro atoms. The van der Waals surface area contributed by atoms with E-state index in [9.17, 15) is 5.11 Å². The third-order valence-corrected chi connectivity index (χ3v) is 23.5. The monoisotopic (exact) mass is 861 g/mol. The average Bonchev–Trinajstić information content (AvgIpc) is 3.82. The molecular weight excluding hydrogens is 765 g/mol. The summed E-state index contributed by atoms with van der Waals surface area (Å²) in [5, 5.41) is 11.5. The van der Waals surface area contributed by atoms with Crippen molar-refractivity contribution in [2.75, 3.05) is 6.61 Å². The molecule has 0 saturated carbocycles. The molecule has 344 valence electrons. The van der Waals surface area contributed by atoms with E-state index in [1.807, 2.05) is 6.07 Å². The molecule has 8 heteroatoms. The fraction of sp³-hybridized carbons (Fsp3) is 0.882. The number of hydrogen-bond acceptors (Lipinski definition) is 6. The number of aliphatic hydroxyl groups is 1. The lowest BCUT2D eigenvalue weighted by molar-refractivity contribution is -0.121. The number of rotatable bonds is 31. The van der Waals surface area contributed by atoms with E-state index in [-0.39, 0.29) is 46.7 Å². The van der Waals surface area contributed by atoms with E-state index < -0.39 is 22.7 Å². The minimum Gasteiger partial charge on any atom is -0.411 e. The van der Waals surface area contributed by atoms with Crippen LogP contribution < -0.4 is 0 Å². The van der Waals surface area contributed by atoms with Gasteiger partial charge in [0.1, 0.15) is 6.10 Å². The molecule has 0 aliphatic carbocycles. The van der Waals surface area contributed by atoms with Gasteiger partial charge >= 0.3 is 0 Å². The quantitative estimate of drug-likeness (QED) is 0.0593. The fourth-order valence-corrected chi connectivity index (χ4v) is 11.2. The first-order valence-corrected chi connectivity index (χ1v) is 30.7. The molecule has 6 nitrogen and oxygen atoms in total. The number of ether oxygens (including phenoxy) is 3. The van der Waals surface area contributed by atoms with Gasteiger partial charge in [-0.05, 0) is 73.9 Å². The minimum absolute atomic E-state index is 0.00720. The lowest BCUT2D eigenvalue weighted by Gasteiger charge is -2.41. The predicted molar refractivity (Wildman–Crippen MR) is 255 cm³/mol. The second-order valence-electron chi connectivity index (χ2n) is 21.7. The van der Waals surface area contributed by atoms with E-state index in [0.29, 0.717) is 6.61 Å². The van der Waals surface area contributed by atoms with Gasteiger partial charge in [-0.15, -0.1) is 0 Å². The highest BCUT2D eigenvalue weighted by Gasteiger charge is 2.51. The van der Waals surface area contributed by atoms with Gasteiger partial charge in [0, 0.05) is 13.0 Å². The second-order valence-corrected chi connectivity index (χ2v) is 31.2. The van der Waals surface area contributed by atoms with Gasteiger partial charge in [-0.2, -0.15) is 0 Å². The van der Waals surface area contributed by atoms with Crippen LogP contribution in [0.2, 0.25) is 36.3 Å². The van der Waals surface area contributed by atoms with E-state index in [1.165, 1.54) is 102 Å². The van der Waals surface area contributed by atoms with E-state index in [4.69, 9.17) is 23.1 Å². The Labute approximate surface area is 367 Å². The maximum Gasteiger partial charge on any atom is 0.192 e. The van der Waals surface area contributed by atoms with Crippen molar-refractivity contribution in [3.05, 3.63) is 35.9 Å². The van der Waals surface area contributed by atoms with Gasteiger partial charge in [0.25, 0.3) is 0 Å². The van der Waals surface area contributed by atoms with Crippen LogP contribution in [0, 0.1) is 0 Å². The van der Waals surface area contributed by atoms with Gasteiger partial charge in [-0.25, -0.2) is 0 Å². The highest BCUT2D eigenvalue weighted by Crippen LogP contribution is 2.44. The molecule has 0 radical (unpaired) electrons. The Morgan fingerprint density at radius 3 is 1.73 bits per heavy atom. The Morgan fingerprint density at radius 1 is 0.644 bits per heavy atom.